The first-order valence-electron chi connectivity index (χ1n) is 21.2. The second kappa shape index (κ2) is 16.9. The lowest BCUT2D eigenvalue weighted by molar-refractivity contribution is -0.183. The first-order valence-corrected chi connectivity index (χ1v) is 21.2. The summed E-state index contributed by atoms with van der Waals surface area (Å²) in [5.74, 6) is 1.20. The number of anilines is 1. The molecule has 3 aromatic rings. The number of likely N-dealkylation sites (N-methyl/N-ethyl adjacent to an activating group) is 1. The molecule has 2 saturated heterocycles. The van der Waals surface area contributed by atoms with Gasteiger partial charge >= 0.3 is 0 Å². The number of aliphatic hydroxyl groups excluding tert-OH is 2. The number of nitrogens with zero attached hydrogens (tertiary/aromatic N) is 4. The summed E-state index contributed by atoms with van der Waals surface area (Å²) >= 11 is 0. The fourth-order valence-electron chi connectivity index (χ4n) is 10.9. The van der Waals surface area contributed by atoms with Gasteiger partial charge in [-0.1, -0.05) is 69.3 Å². The normalized spacial score (nSPS) is 29.6. The summed E-state index contributed by atoms with van der Waals surface area (Å²) < 4.78 is 6.18. The second-order valence-corrected chi connectivity index (χ2v) is 18.5. The molecule has 2 amide bonds. The number of ether oxygens (including phenoxy) is 1. The van der Waals surface area contributed by atoms with E-state index in [4.69, 9.17) is 9.57 Å². The van der Waals surface area contributed by atoms with Crippen molar-refractivity contribution in [3.8, 4) is 16.9 Å². The Labute approximate surface area is 345 Å². The number of carbonyl (C=O) groups excluding carboxylic acids is 2. The molecule has 3 N–H and O–H groups in total. The second-order valence-electron chi connectivity index (χ2n) is 18.5. The number of rotatable bonds is 13. The number of para-hydroxylation sites is 1. The summed E-state index contributed by atoms with van der Waals surface area (Å²) in [6, 6.07) is 21.5. The lowest BCUT2D eigenvalue weighted by atomic mass is 9.45. The van der Waals surface area contributed by atoms with E-state index in [9.17, 15) is 19.8 Å². The predicted octanol–water partition coefficient (Wildman–Crippen LogP) is 6.00. The van der Waals surface area contributed by atoms with Crippen molar-refractivity contribution < 1.29 is 29.4 Å². The van der Waals surface area contributed by atoms with Crippen LogP contribution in [-0.4, -0.2) is 116 Å². The first kappa shape index (κ1) is 42.1. The van der Waals surface area contributed by atoms with Crippen LogP contribution in [0, 0.1) is 29.1 Å². The van der Waals surface area contributed by atoms with E-state index in [0.717, 1.165) is 53.7 Å². The maximum absolute atomic E-state index is 14.8. The van der Waals surface area contributed by atoms with Crippen molar-refractivity contribution in [1.29, 1.82) is 0 Å². The third-order valence-electron chi connectivity index (χ3n) is 14.2. The number of fused-ring (bicyclic) bond motifs is 2. The Morgan fingerprint density at radius 2 is 1.76 bits per heavy atom. The van der Waals surface area contributed by atoms with Crippen LogP contribution >= 0.6 is 0 Å². The highest BCUT2D eigenvalue weighted by atomic mass is 16.7. The first-order chi connectivity index (χ1) is 27.6. The molecule has 5 fully saturated rings. The maximum Gasteiger partial charge on any atom is 0.254 e. The summed E-state index contributed by atoms with van der Waals surface area (Å²) in [7, 11) is 9.69. The number of hydroxylamine groups is 2. The number of benzene rings is 3. The van der Waals surface area contributed by atoms with Crippen molar-refractivity contribution in [2.45, 2.75) is 96.3 Å². The van der Waals surface area contributed by atoms with Gasteiger partial charge in [-0.2, -0.15) is 5.06 Å². The molecule has 1 unspecified atom stereocenters. The molecule has 8 rings (SSSR count). The minimum atomic E-state index is -0.901. The van der Waals surface area contributed by atoms with E-state index in [1.54, 1.807) is 19.1 Å². The zero-order valence-corrected chi connectivity index (χ0v) is 35.9. The molecular weight excluding hydrogens is 731 g/mol. The van der Waals surface area contributed by atoms with Crippen molar-refractivity contribution in [1.82, 2.24) is 20.2 Å². The van der Waals surface area contributed by atoms with Crippen LogP contribution < -0.4 is 15.0 Å². The van der Waals surface area contributed by atoms with Gasteiger partial charge in [-0.15, -0.1) is 0 Å². The zero-order valence-electron chi connectivity index (χ0n) is 35.9. The summed E-state index contributed by atoms with van der Waals surface area (Å²) in [5.41, 5.74) is 5.30. The van der Waals surface area contributed by atoms with Crippen molar-refractivity contribution >= 4 is 17.5 Å². The highest BCUT2D eigenvalue weighted by Crippen LogP contribution is 2.61. The molecule has 10 atom stereocenters. The summed E-state index contributed by atoms with van der Waals surface area (Å²) in [5, 5.41) is 26.5. The molecule has 2 bridgehead atoms. The number of hydrogen-bond acceptors (Lipinski definition) is 9. The molecule has 0 spiro atoms. The molecule has 314 valence electrons. The van der Waals surface area contributed by atoms with Gasteiger partial charge < -0.3 is 35.0 Å². The van der Waals surface area contributed by atoms with E-state index >= 15 is 0 Å². The van der Waals surface area contributed by atoms with Crippen molar-refractivity contribution in [3.63, 3.8) is 0 Å². The Kier molecular flexibility index (Phi) is 12.3. The number of methoxy groups -OCH3 is 1. The highest BCUT2D eigenvalue weighted by Gasteiger charge is 2.57. The molecule has 3 aliphatic carbocycles. The molecule has 11 nitrogen and oxygen atoms in total. The van der Waals surface area contributed by atoms with E-state index < -0.39 is 24.2 Å². The standard InChI is InChI=1S/C47H65N5O6/c1-28-38-23-34(47(38,3)4)24-39(28)48-45(55)43-42(29(2)54)41(27-53)58-51(43)25-31-16-13-17-37(44(31)57-9)32-20-33(22-36(21-32)50(7)8)46(56)52-35(26-49(5)6)18-19-40(52)30-14-11-10-12-15-30/h10-17,20-22,28-29,34-35,38-43,53-54H,18-19,23-27H2,1-9H3,(H,48,55)/t28-,29-,34+,35+,38-,39?,40-,41-,42-,43-/m0/s1. The van der Waals surface area contributed by atoms with Crippen LogP contribution in [0.4, 0.5) is 5.69 Å². The van der Waals surface area contributed by atoms with E-state index in [1.165, 1.54) is 6.42 Å². The minimum Gasteiger partial charge on any atom is -0.496 e. The van der Waals surface area contributed by atoms with Gasteiger partial charge in [-0.3, -0.25) is 14.4 Å². The minimum absolute atomic E-state index is 0.00930. The summed E-state index contributed by atoms with van der Waals surface area (Å²) in [6.45, 7) is 9.20. The van der Waals surface area contributed by atoms with Crippen LogP contribution in [0.1, 0.15) is 80.9 Å². The van der Waals surface area contributed by atoms with Gasteiger partial charge in [0.25, 0.3) is 5.91 Å². The smallest absolute Gasteiger partial charge is 0.254 e. The van der Waals surface area contributed by atoms with E-state index in [0.29, 0.717) is 29.1 Å². The number of hydrogen-bond donors (Lipinski definition) is 3. The Morgan fingerprint density at radius 3 is 2.38 bits per heavy atom. The van der Waals surface area contributed by atoms with E-state index in [-0.39, 0.29) is 48.5 Å². The van der Waals surface area contributed by atoms with Crippen LogP contribution in [0.15, 0.2) is 66.7 Å². The Morgan fingerprint density at radius 1 is 1.02 bits per heavy atom. The van der Waals surface area contributed by atoms with Crippen LogP contribution in [0.5, 0.6) is 5.75 Å². The number of amides is 2. The van der Waals surface area contributed by atoms with Gasteiger partial charge in [0.2, 0.25) is 5.91 Å². The van der Waals surface area contributed by atoms with Crippen molar-refractivity contribution in [2.75, 3.05) is 53.4 Å². The Hall–Kier alpha value is -4.00. The van der Waals surface area contributed by atoms with Gasteiger partial charge in [0.1, 0.15) is 17.9 Å². The van der Waals surface area contributed by atoms with Gasteiger partial charge in [0.05, 0.1) is 32.4 Å². The molecule has 2 aliphatic heterocycles. The zero-order chi connectivity index (χ0) is 41.6. The predicted molar refractivity (Wildman–Crippen MR) is 227 cm³/mol. The van der Waals surface area contributed by atoms with Crippen molar-refractivity contribution in [3.05, 3.63) is 83.4 Å². The van der Waals surface area contributed by atoms with Gasteiger partial charge in [0, 0.05) is 61.0 Å². The largest absolute Gasteiger partial charge is 0.496 e. The third-order valence-corrected chi connectivity index (χ3v) is 14.2. The average Bonchev–Trinajstić information content (AvgIpc) is 3.79. The fourth-order valence-corrected chi connectivity index (χ4v) is 10.9. The molecular formula is C47H65N5O6. The SMILES string of the molecule is COc1c(CN2O[C@@H](CO)[C@H]([C@H](C)O)[C@H]2C(=O)NC2C[C@H]3C[C@@H]([C@@H]2C)C3(C)C)cccc1-c1cc(C(=O)N2[C@@H](CN(C)C)CC[C@H]2c2ccccc2)cc(N(C)C)c1. The lowest BCUT2D eigenvalue weighted by Crippen LogP contribution is -2.62. The van der Waals surface area contributed by atoms with Crippen LogP contribution in [0.2, 0.25) is 0 Å². The van der Waals surface area contributed by atoms with E-state index in [2.05, 4.69) is 68.2 Å². The quantitative estimate of drug-likeness (QED) is 0.192. The van der Waals surface area contributed by atoms with Crippen LogP contribution in [0.25, 0.3) is 11.1 Å². The number of carbonyl (C=O) groups is 2. The molecule has 11 heteroatoms. The molecule has 0 radical (unpaired) electrons. The average molecular weight is 796 g/mol. The molecule has 5 aliphatic rings. The van der Waals surface area contributed by atoms with Crippen LogP contribution in [-0.2, 0) is 16.2 Å². The number of likely N-dealkylation sites (tertiary alicyclic amines) is 1. The molecule has 3 saturated carbocycles. The topological polar surface area (TPSA) is 118 Å². The summed E-state index contributed by atoms with van der Waals surface area (Å²) in [6.07, 6.45) is 2.29. The molecule has 58 heavy (non-hydrogen) atoms. The summed E-state index contributed by atoms with van der Waals surface area (Å²) in [4.78, 5) is 41.8. The van der Waals surface area contributed by atoms with E-state index in [1.807, 2.05) is 67.5 Å². The third kappa shape index (κ3) is 7.88. The number of aliphatic hydroxyl groups is 2. The lowest BCUT2D eigenvalue weighted by Gasteiger charge is -2.62. The maximum atomic E-state index is 14.8. The Bertz CT molecular complexity index is 1940. The highest BCUT2D eigenvalue weighted by molar-refractivity contribution is 5.98. The van der Waals surface area contributed by atoms with Gasteiger partial charge in [-0.05, 0) is 99.2 Å². The monoisotopic (exact) mass is 795 g/mol. The molecule has 3 aromatic carbocycles. The molecule has 0 aromatic heterocycles. The van der Waals surface area contributed by atoms with Crippen LogP contribution in [0.3, 0.4) is 0 Å². The van der Waals surface area contributed by atoms with Crippen molar-refractivity contribution in [2.24, 2.45) is 29.1 Å². The number of nitrogens with one attached hydrogen (secondary N) is 1. The fraction of sp³-hybridized carbons (Fsp3) is 0.574. The van der Waals surface area contributed by atoms with Gasteiger partial charge in [0.15, 0.2) is 0 Å². The molecule has 2 heterocycles. The Balaban J connectivity index is 1.21. The van der Waals surface area contributed by atoms with Gasteiger partial charge in [-0.25, -0.2) is 0 Å².